The zero-order valence-corrected chi connectivity index (χ0v) is 15.8. The zero-order chi connectivity index (χ0) is 18.2. The molecule has 26 heavy (non-hydrogen) atoms. The van der Waals surface area contributed by atoms with Crippen molar-refractivity contribution in [3.8, 4) is 11.5 Å². The molecule has 2 aliphatic rings. The molecule has 1 aliphatic carbocycles. The normalized spacial score (nSPS) is 18.7. The predicted octanol–water partition coefficient (Wildman–Crippen LogP) is 2.60. The van der Waals surface area contributed by atoms with Crippen molar-refractivity contribution in [3.63, 3.8) is 0 Å². The van der Waals surface area contributed by atoms with E-state index in [2.05, 4.69) is 22.4 Å². The SMILES string of the molecule is CCOCCCNC(N)=NCC1(c2ccc3c(c2)OCCO3)CCCC1. The number of nitrogens with one attached hydrogen (secondary N) is 1. The van der Waals surface area contributed by atoms with E-state index in [9.17, 15) is 0 Å². The number of nitrogens with two attached hydrogens (primary N) is 1. The average Bonchev–Trinajstić information content (AvgIpc) is 3.16. The first-order chi connectivity index (χ1) is 12.7. The highest BCUT2D eigenvalue weighted by Crippen LogP contribution is 2.44. The third kappa shape index (κ3) is 4.61. The molecule has 1 fully saturated rings. The Morgan fingerprint density at radius 1 is 1.23 bits per heavy atom. The Kier molecular flexibility index (Phi) is 6.61. The first-order valence-electron chi connectivity index (χ1n) is 9.75. The van der Waals surface area contributed by atoms with Crippen LogP contribution in [-0.2, 0) is 10.2 Å². The Morgan fingerprint density at radius 2 is 2.00 bits per heavy atom. The van der Waals surface area contributed by atoms with Crippen LogP contribution in [-0.4, -0.2) is 45.5 Å². The van der Waals surface area contributed by atoms with E-state index in [-0.39, 0.29) is 5.41 Å². The summed E-state index contributed by atoms with van der Waals surface area (Å²) in [7, 11) is 0. The molecule has 1 aromatic carbocycles. The quantitative estimate of drug-likeness (QED) is 0.423. The maximum Gasteiger partial charge on any atom is 0.188 e. The van der Waals surface area contributed by atoms with E-state index in [4.69, 9.17) is 19.9 Å². The van der Waals surface area contributed by atoms with E-state index < -0.39 is 0 Å². The molecule has 0 amide bonds. The van der Waals surface area contributed by atoms with Gasteiger partial charge < -0.3 is 25.3 Å². The minimum atomic E-state index is 0.0491. The maximum absolute atomic E-state index is 6.07. The van der Waals surface area contributed by atoms with Gasteiger partial charge in [0, 0.05) is 25.2 Å². The molecule has 3 rings (SSSR count). The van der Waals surface area contributed by atoms with Crippen LogP contribution in [0.3, 0.4) is 0 Å². The van der Waals surface area contributed by atoms with Gasteiger partial charge >= 0.3 is 0 Å². The Balaban J connectivity index is 1.63. The number of rotatable bonds is 8. The molecule has 6 nitrogen and oxygen atoms in total. The van der Waals surface area contributed by atoms with Crippen LogP contribution in [0, 0.1) is 0 Å². The first-order valence-corrected chi connectivity index (χ1v) is 9.75. The third-order valence-corrected chi connectivity index (χ3v) is 5.24. The van der Waals surface area contributed by atoms with E-state index >= 15 is 0 Å². The molecule has 0 atom stereocenters. The van der Waals surface area contributed by atoms with Gasteiger partial charge in [-0.1, -0.05) is 18.9 Å². The van der Waals surface area contributed by atoms with Gasteiger partial charge in [0.1, 0.15) is 13.2 Å². The van der Waals surface area contributed by atoms with Gasteiger partial charge in [-0.05, 0) is 43.9 Å². The van der Waals surface area contributed by atoms with Crippen molar-refractivity contribution in [2.75, 3.05) is 39.5 Å². The van der Waals surface area contributed by atoms with Gasteiger partial charge in [0.25, 0.3) is 0 Å². The summed E-state index contributed by atoms with van der Waals surface area (Å²) >= 11 is 0. The van der Waals surface area contributed by atoms with Crippen LogP contribution in [0.15, 0.2) is 23.2 Å². The minimum absolute atomic E-state index is 0.0491. The summed E-state index contributed by atoms with van der Waals surface area (Å²) < 4.78 is 16.8. The maximum atomic E-state index is 6.07. The molecule has 1 heterocycles. The molecule has 0 radical (unpaired) electrons. The number of hydrogen-bond acceptors (Lipinski definition) is 4. The second-order valence-corrected chi connectivity index (χ2v) is 7.02. The standard InChI is InChI=1S/C20H31N3O3/c1-2-24-11-5-10-22-19(21)23-15-20(8-3-4-9-20)16-6-7-17-18(14-16)26-13-12-25-17/h6-7,14H,2-5,8-13,15H2,1H3,(H3,21,22,23). The van der Waals surface area contributed by atoms with Crippen molar-refractivity contribution in [2.45, 2.75) is 44.4 Å². The fourth-order valence-electron chi connectivity index (χ4n) is 3.79. The minimum Gasteiger partial charge on any atom is -0.486 e. The van der Waals surface area contributed by atoms with E-state index in [1.54, 1.807) is 0 Å². The summed E-state index contributed by atoms with van der Waals surface area (Å²) in [5, 5.41) is 3.19. The molecule has 1 aromatic rings. The van der Waals surface area contributed by atoms with E-state index in [0.717, 1.165) is 50.5 Å². The monoisotopic (exact) mass is 361 g/mol. The molecular formula is C20H31N3O3. The molecule has 1 saturated carbocycles. The lowest BCUT2D eigenvalue weighted by Gasteiger charge is -2.29. The van der Waals surface area contributed by atoms with Gasteiger partial charge in [-0.15, -0.1) is 0 Å². The van der Waals surface area contributed by atoms with Crippen LogP contribution in [0.2, 0.25) is 0 Å². The number of ether oxygens (including phenoxy) is 3. The summed E-state index contributed by atoms with van der Waals surface area (Å²) in [5.74, 6) is 2.21. The molecule has 0 bridgehead atoms. The van der Waals surface area contributed by atoms with Crippen molar-refractivity contribution >= 4 is 5.96 Å². The molecule has 0 spiro atoms. The predicted molar refractivity (Wildman–Crippen MR) is 103 cm³/mol. The summed E-state index contributed by atoms with van der Waals surface area (Å²) in [4.78, 5) is 4.66. The van der Waals surface area contributed by atoms with E-state index in [1.165, 1.54) is 18.4 Å². The molecule has 1 aliphatic heterocycles. The molecule has 0 unspecified atom stereocenters. The van der Waals surface area contributed by atoms with Gasteiger partial charge in [0.2, 0.25) is 0 Å². The fourth-order valence-corrected chi connectivity index (χ4v) is 3.79. The van der Waals surface area contributed by atoms with E-state index in [0.29, 0.717) is 25.7 Å². The lowest BCUT2D eigenvalue weighted by Crippen LogP contribution is -2.35. The van der Waals surface area contributed by atoms with Gasteiger partial charge in [-0.25, -0.2) is 0 Å². The summed E-state index contributed by atoms with van der Waals surface area (Å²) in [6, 6.07) is 6.34. The van der Waals surface area contributed by atoms with Crippen LogP contribution in [0.5, 0.6) is 11.5 Å². The second kappa shape index (κ2) is 9.12. The summed E-state index contributed by atoms with van der Waals surface area (Å²) in [5.41, 5.74) is 7.40. The van der Waals surface area contributed by atoms with Crippen molar-refractivity contribution in [3.05, 3.63) is 23.8 Å². The number of aliphatic imine (C=N–C) groups is 1. The number of guanidine groups is 1. The summed E-state index contributed by atoms with van der Waals surface area (Å²) in [6.07, 6.45) is 5.65. The van der Waals surface area contributed by atoms with Crippen LogP contribution >= 0.6 is 0 Å². The number of fused-ring (bicyclic) bond motifs is 1. The Labute approximate surface area is 156 Å². The average molecular weight is 361 g/mol. The Bertz CT molecular complexity index is 612. The molecule has 0 saturated heterocycles. The van der Waals surface area contributed by atoms with Crippen molar-refractivity contribution < 1.29 is 14.2 Å². The second-order valence-electron chi connectivity index (χ2n) is 7.02. The highest BCUT2D eigenvalue weighted by Gasteiger charge is 2.36. The Hall–Kier alpha value is -1.95. The van der Waals surface area contributed by atoms with Gasteiger partial charge in [-0.3, -0.25) is 4.99 Å². The number of benzene rings is 1. The zero-order valence-electron chi connectivity index (χ0n) is 15.8. The third-order valence-electron chi connectivity index (χ3n) is 5.24. The van der Waals surface area contributed by atoms with Crippen LogP contribution in [0.25, 0.3) is 0 Å². The lowest BCUT2D eigenvalue weighted by atomic mass is 9.79. The highest BCUT2D eigenvalue weighted by atomic mass is 16.6. The van der Waals surface area contributed by atoms with Crippen molar-refractivity contribution in [2.24, 2.45) is 10.7 Å². The van der Waals surface area contributed by atoms with Crippen molar-refractivity contribution in [1.82, 2.24) is 5.32 Å². The fraction of sp³-hybridized carbons (Fsp3) is 0.650. The Morgan fingerprint density at radius 3 is 2.77 bits per heavy atom. The van der Waals surface area contributed by atoms with Crippen molar-refractivity contribution in [1.29, 1.82) is 0 Å². The first kappa shape index (κ1) is 18.8. The molecule has 0 aromatic heterocycles. The molecule has 144 valence electrons. The molecular weight excluding hydrogens is 330 g/mol. The molecule has 6 heteroatoms. The number of nitrogens with zero attached hydrogens (tertiary/aromatic N) is 1. The summed E-state index contributed by atoms with van der Waals surface area (Å²) in [6.45, 7) is 6.22. The van der Waals surface area contributed by atoms with Crippen LogP contribution < -0.4 is 20.5 Å². The molecule has 3 N–H and O–H groups in total. The van der Waals surface area contributed by atoms with Gasteiger partial charge in [-0.2, -0.15) is 0 Å². The van der Waals surface area contributed by atoms with Gasteiger partial charge in [0.05, 0.1) is 6.54 Å². The highest BCUT2D eigenvalue weighted by molar-refractivity contribution is 5.77. The van der Waals surface area contributed by atoms with Crippen LogP contribution in [0.4, 0.5) is 0 Å². The smallest absolute Gasteiger partial charge is 0.188 e. The number of hydrogen-bond donors (Lipinski definition) is 2. The van der Waals surface area contributed by atoms with Crippen LogP contribution in [0.1, 0.15) is 44.6 Å². The van der Waals surface area contributed by atoms with E-state index in [1.807, 2.05) is 13.0 Å². The largest absolute Gasteiger partial charge is 0.486 e. The lowest BCUT2D eigenvalue weighted by molar-refractivity contribution is 0.145. The van der Waals surface area contributed by atoms with Gasteiger partial charge in [0.15, 0.2) is 17.5 Å². The topological polar surface area (TPSA) is 78.1 Å².